The summed E-state index contributed by atoms with van der Waals surface area (Å²) in [5, 5.41) is 9.04. The fourth-order valence-electron chi connectivity index (χ4n) is 3.32. The molecular formula is C23H30N6O4. The summed E-state index contributed by atoms with van der Waals surface area (Å²) in [5.41, 5.74) is 4.67. The van der Waals surface area contributed by atoms with Gasteiger partial charge in [0.15, 0.2) is 11.5 Å². The minimum atomic E-state index is -0.581. The van der Waals surface area contributed by atoms with Crippen molar-refractivity contribution in [3.63, 3.8) is 0 Å². The van der Waals surface area contributed by atoms with Crippen LogP contribution < -0.4 is 16.4 Å². The molecule has 33 heavy (non-hydrogen) atoms. The molecule has 10 heteroatoms. The standard InChI is InChI=1S/C23H30N6O4/c1-4-5-8-14-29-23(32)17-11-7-6-10-16(17)20(27-29)22(31)26-25-18(30)12-9-13-19-24-21(15(2)3)28-33-19/h6-7,10-11,15H,4-5,8-9,12-14H2,1-3H3,(H,25,30)(H,26,31). The van der Waals surface area contributed by atoms with Crippen molar-refractivity contribution in [1.82, 2.24) is 30.8 Å². The predicted molar refractivity (Wildman–Crippen MR) is 122 cm³/mol. The molecule has 3 aromatic rings. The molecule has 176 valence electrons. The summed E-state index contributed by atoms with van der Waals surface area (Å²) in [5.74, 6) is 0.357. The first kappa shape index (κ1) is 24.1. The molecule has 0 unspecified atom stereocenters. The largest absolute Gasteiger partial charge is 0.339 e. The van der Waals surface area contributed by atoms with Crippen LogP contribution in [0.3, 0.4) is 0 Å². The minimum absolute atomic E-state index is 0.0917. The summed E-state index contributed by atoms with van der Waals surface area (Å²) < 4.78 is 6.49. The van der Waals surface area contributed by atoms with Crippen molar-refractivity contribution in [3.8, 4) is 0 Å². The number of hydrogen-bond donors (Lipinski definition) is 2. The van der Waals surface area contributed by atoms with Crippen molar-refractivity contribution in [1.29, 1.82) is 0 Å². The SMILES string of the molecule is CCCCCn1nc(C(=O)NNC(=O)CCCc2nc(C(C)C)no2)c2ccccc2c1=O. The Morgan fingerprint density at radius 1 is 1.09 bits per heavy atom. The lowest BCUT2D eigenvalue weighted by atomic mass is 10.1. The minimum Gasteiger partial charge on any atom is -0.339 e. The maximum absolute atomic E-state index is 12.8. The number of rotatable bonds is 10. The number of hydrogen-bond acceptors (Lipinski definition) is 7. The molecule has 2 amide bonds. The Hall–Kier alpha value is -3.56. The number of nitrogens with one attached hydrogen (secondary N) is 2. The topological polar surface area (TPSA) is 132 Å². The van der Waals surface area contributed by atoms with E-state index in [0.29, 0.717) is 41.9 Å². The van der Waals surface area contributed by atoms with Crippen molar-refractivity contribution >= 4 is 22.6 Å². The Balaban J connectivity index is 1.60. The van der Waals surface area contributed by atoms with E-state index in [0.717, 1.165) is 19.3 Å². The normalized spacial score (nSPS) is 11.2. The van der Waals surface area contributed by atoms with Gasteiger partial charge in [-0.3, -0.25) is 25.2 Å². The van der Waals surface area contributed by atoms with Crippen molar-refractivity contribution in [2.45, 2.75) is 71.8 Å². The van der Waals surface area contributed by atoms with Crippen LogP contribution in [0.4, 0.5) is 0 Å². The lowest BCUT2D eigenvalue weighted by Crippen LogP contribution is -2.42. The Morgan fingerprint density at radius 3 is 2.55 bits per heavy atom. The van der Waals surface area contributed by atoms with E-state index in [9.17, 15) is 14.4 Å². The molecule has 0 aliphatic heterocycles. The van der Waals surface area contributed by atoms with Gasteiger partial charge in [0.05, 0.1) is 5.39 Å². The quantitative estimate of drug-likeness (QED) is 0.355. The summed E-state index contributed by atoms with van der Waals surface area (Å²) in [4.78, 5) is 42.0. The summed E-state index contributed by atoms with van der Waals surface area (Å²) in [7, 11) is 0. The number of carbonyl (C=O) groups is 2. The van der Waals surface area contributed by atoms with E-state index in [-0.39, 0.29) is 29.5 Å². The number of carbonyl (C=O) groups excluding carboxylic acids is 2. The number of aromatic nitrogens is 4. The summed E-state index contributed by atoms with van der Waals surface area (Å²) in [6.45, 7) is 6.45. The Kier molecular flexibility index (Phi) is 8.28. The van der Waals surface area contributed by atoms with E-state index in [4.69, 9.17) is 4.52 Å². The maximum Gasteiger partial charge on any atom is 0.290 e. The zero-order valence-electron chi connectivity index (χ0n) is 19.3. The molecule has 10 nitrogen and oxygen atoms in total. The second-order valence-electron chi connectivity index (χ2n) is 8.19. The third kappa shape index (κ3) is 6.24. The van der Waals surface area contributed by atoms with Crippen LogP contribution in [0.15, 0.2) is 33.6 Å². The molecule has 0 aliphatic carbocycles. The fourth-order valence-corrected chi connectivity index (χ4v) is 3.32. The lowest BCUT2D eigenvalue weighted by molar-refractivity contribution is -0.121. The molecule has 3 rings (SSSR count). The van der Waals surface area contributed by atoms with Crippen LogP contribution in [0.1, 0.15) is 81.0 Å². The molecule has 0 saturated heterocycles. The highest BCUT2D eigenvalue weighted by Gasteiger charge is 2.17. The number of hydrazine groups is 1. The van der Waals surface area contributed by atoms with E-state index in [1.807, 2.05) is 13.8 Å². The van der Waals surface area contributed by atoms with E-state index < -0.39 is 5.91 Å². The number of amides is 2. The highest BCUT2D eigenvalue weighted by atomic mass is 16.5. The number of fused-ring (bicyclic) bond motifs is 1. The molecule has 0 bridgehead atoms. The molecule has 0 radical (unpaired) electrons. The van der Waals surface area contributed by atoms with Gasteiger partial charge in [-0.2, -0.15) is 10.1 Å². The predicted octanol–water partition coefficient (Wildman–Crippen LogP) is 2.88. The van der Waals surface area contributed by atoms with Crippen molar-refractivity contribution < 1.29 is 14.1 Å². The second kappa shape index (κ2) is 11.3. The van der Waals surface area contributed by atoms with Gasteiger partial charge in [-0.15, -0.1) is 0 Å². The van der Waals surface area contributed by atoms with Crippen LogP contribution in [0, 0.1) is 0 Å². The molecule has 2 aromatic heterocycles. The summed E-state index contributed by atoms with van der Waals surface area (Å²) >= 11 is 0. The van der Waals surface area contributed by atoms with Crippen LogP contribution in [0.25, 0.3) is 10.8 Å². The number of benzene rings is 1. The van der Waals surface area contributed by atoms with Crippen molar-refractivity contribution in [3.05, 3.63) is 52.0 Å². The van der Waals surface area contributed by atoms with Gasteiger partial charge in [-0.25, -0.2) is 4.68 Å². The molecule has 0 atom stereocenters. The number of unbranched alkanes of at least 4 members (excludes halogenated alkanes) is 2. The summed E-state index contributed by atoms with van der Waals surface area (Å²) in [6, 6.07) is 6.83. The summed E-state index contributed by atoms with van der Waals surface area (Å²) in [6.07, 6.45) is 3.89. The van der Waals surface area contributed by atoms with Crippen molar-refractivity contribution in [2.24, 2.45) is 0 Å². The lowest BCUT2D eigenvalue weighted by Gasteiger charge is -2.12. The Bertz CT molecular complexity index is 1170. The van der Waals surface area contributed by atoms with Crippen LogP contribution in [0.2, 0.25) is 0 Å². The molecule has 1 aromatic carbocycles. The molecular weight excluding hydrogens is 424 g/mol. The molecule has 2 heterocycles. The van der Waals surface area contributed by atoms with Gasteiger partial charge in [-0.1, -0.05) is 57.0 Å². The average molecular weight is 455 g/mol. The second-order valence-corrected chi connectivity index (χ2v) is 8.19. The van der Waals surface area contributed by atoms with Gasteiger partial charge >= 0.3 is 0 Å². The zero-order chi connectivity index (χ0) is 23.8. The maximum atomic E-state index is 12.8. The van der Waals surface area contributed by atoms with Gasteiger partial charge in [0.25, 0.3) is 11.5 Å². The number of aryl methyl sites for hydroxylation is 2. The van der Waals surface area contributed by atoms with Crippen LogP contribution >= 0.6 is 0 Å². The first-order valence-corrected chi connectivity index (χ1v) is 11.3. The monoisotopic (exact) mass is 454 g/mol. The fraction of sp³-hybridized carbons (Fsp3) is 0.478. The highest BCUT2D eigenvalue weighted by Crippen LogP contribution is 2.14. The molecule has 0 aliphatic rings. The highest BCUT2D eigenvalue weighted by molar-refractivity contribution is 6.05. The Morgan fingerprint density at radius 2 is 1.85 bits per heavy atom. The van der Waals surface area contributed by atoms with Gasteiger partial charge in [-0.05, 0) is 18.9 Å². The Labute approximate surface area is 191 Å². The van der Waals surface area contributed by atoms with E-state index in [1.54, 1.807) is 24.3 Å². The third-order valence-electron chi connectivity index (χ3n) is 5.17. The van der Waals surface area contributed by atoms with E-state index in [2.05, 4.69) is 33.0 Å². The van der Waals surface area contributed by atoms with E-state index in [1.165, 1.54) is 4.68 Å². The van der Waals surface area contributed by atoms with E-state index >= 15 is 0 Å². The van der Waals surface area contributed by atoms with Crippen LogP contribution in [-0.2, 0) is 17.8 Å². The first-order valence-electron chi connectivity index (χ1n) is 11.3. The molecule has 0 fully saturated rings. The van der Waals surface area contributed by atoms with Crippen LogP contribution in [-0.4, -0.2) is 31.7 Å². The number of nitrogens with zero attached hydrogens (tertiary/aromatic N) is 4. The van der Waals surface area contributed by atoms with Crippen LogP contribution in [0.5, 0.6) is 0 Å². The first-order chi connectivity index (χ1) is 15.9. The van der Waals surface area contributed by atoms with Gasteiger partial charge in [0.1, 0.15) is 0 Å². The zero-order valence-corrected chi connectivity index (χ0v) is 19.3. The molecule has 2 N–H and O–H groups in total. The molecule has 0 spiro atoms. The van der Waals surface area contributed by atoms with Gasteiger partial charge in [0.2, 0.25) is 11.8 Å². The smallest absolute Gasteiger partial charge is 0.290 e. The molecule has 0 saturated carbocycles. The average Bonchev–Trinajstić information content (AvgIpc) is 3.28. The van der Waals surface area contributed by atoms with Gasteiger partial charge in [0, 0.05) is 30.7 Å². The van der Waals surface area contributed by atoms with Crippen molar-refractivity contribution in [2.75, 3.05) is 0 Å². The third-order valence-corrected chi connectivity index (χ3v) is 5.17. The van der Waals surface area contributed by atoms with Gasteiger partial charge < -0.3 is 4.52 Å².